The molecule has 0 saturated heterocycles. The Balaban J connectivity index is 4.14. The monoisotopic (exact) mass is 268 g/mol. The van der Waals surface area contributed by atoms with Crippen LogP contribution < -0.4 is 0 Å². The van der Waals surface area contributed by atoms with Crippen molar-refractivity contribution < 1.29 is 13.2 Å². The van der Waals surface area contributed by atoms with Gasteiger partial charge in [-0.2, -0.15) is 13.2 Å². The van der Waals surface area contributed by atoms with E-state index < -0.39 is 9.41 Å². The number of hydrogen-bond donors (Lipinski definition) is 0. The second-order valence-corrected chi connectivity index (χ2v) is 5.33. The zero-order chi connectivity index (χ0) is 7.71. The number of alkyl halides is 5. The quantitative estimate of drug-likeness (QED) is 0.640. The fraction of sp³-hybridized carbons (Fsp3) is 1.00. The molecule has 0 atom stereocenters. The van der Waals surface area contributed by atoms with Crippen LogP contribution in [0.25, 0.3) is 0 Å². The molecule has 56 valence electrons. The summed E-state index contributed by atoms with van der Waals surface area (Å²) in [5.74, 6) is 0. The van der Waals surface area contributed by atoms with Crippen LogP contribution in [0.3, 0.4) is 0 Å². The van der Waals surface area contributed by atoms with Gasteiger partial charge in [0.05, 0.1) is 0 Å². The van der Waals surface area contributed by atoms with E-state index in [0.29, 0.717) is 0 Å². The van der Waals surface area contributed by atoms with Crippen LogP contribution in [0.5, 0.6) is 0 Å². The van der Waals surface area contributed by atoms with Gasteiger partial charge in [-0.25, -0.2) is 0 Å². The molecule has 0 aliphatic heterocycles. The van der Waals surface area contributed by atoms with E-state index in [0.717, 1.165) is 0 Å². The SMILES string of the molecule is CCC(Br)(Br)C(F)(F)F. The maximum Gasteiger partial charge on any atom is 0.413 e. The van der Waals surface area contributed by atoms with Crippen molar-refractivity contribution in [3.63, 3.8) is 0 Å². The van der Waals surface area contributed by atoms with Gasteiger partial charge in [0.25, 0.3) is 0 Å². The maximum absolute atomic E-state index is 11.7. The molecule has 0 rings (SSSR count). The molecular weight excluding hydrogens is 265 g/mol. The predicted molar refractivity (Wildman–Crippen MR) is 36.9 cm³/mol. The molecule has 0 fully saturated rings. The highest BCUT2D eigenvalue weighted by atomic mass is 79.9. The Morgan fingerprint density at radius 3 is 1.56 bits per heavy atom. The third kappa shape index (κ3) is 2.45. The zero-order valence-corrected chi connectivity index (χ0v) is 7.77. The molecule has 5 heteroatoms. The third-order valence-corrected chi connectivity index (χ3v) is 2.88. The lowest BCUT2D eigenvalue weighted by atomic mass is 10.3. The molecule has 9 heavy (non-hydrogen) atoms. The molecule has 0 aromatic rings. The molecule has 0 heterocycles. The Morgan fingerprint density at radius 1 is 1.22 bits per heavy atom. The lowest BCUT2D eigenvalue weighted by Gasteiger charge is -2.21. The third-order valence-electron chi connectivity index (χ3n) is 0.859. The molecule has 0 aromatic heterocycles. The van der Waals surface area contributed by atoms with Crippen molar-refractivity contribution in [2.75, 3.05) is 0 Å². The first-order chi connectivity index (χ1) is 3.81. The Morgan fingerprint density at radius 2 is 1.56 bits per heavy atom. The fourth-order valence-corrected chi connectivity index (χ4v) is 0.200. The zero-order valence-electron chi connectivity index (χ0n) is 4.60. The van der Waals surface area contributed by atoms with Gasteiger partial charge in [0.2, 0.25) is 0 Å². The van der Waals surface area contributed by atoms with E-state index in [1.54, 1.807) is 0 Å². The van der Waals surface area contributed by atoms with Crippen LogP contribution in [0.15, 0.2) is 0 Å². The Bertz CT molecular complexity index is 96.5. The molecule has 0 saturated carbocycles. The van der Waals surface area contributed by atoms with Crippen LogP contribution in [0.4, 0.5) is 13.2 Å². The van der Waals surface area contributed by atoms with Crippen molar-refractivity contribution in [1.29, 1.82) is 0 Å². The molecule has 0 amide bonds. The summed E-state index contributed by atoms with van der Waals surface area (Å²) in [5.41, 5.74) is 0. The van der Waals surface area contributed by atoms with Crippen molar-refractivity contribution in [2.45, 2.75) is 22.8 Å². The molecule has 0 spiro atoms. The predicted octanol–water partition coefficient (Wildman–Crippen LogP) is 3.44. The van der Waals surface area contributed by atoms with Crippen molar-refractivity contribution in [2.24, 2.45) is 0 Å². The summed E-state index contributed by atoms with van der Waals surface area (Å²) in [6.45, 7) is 1.44. The summed E-state index contributed by atoms with van der Waals surface area (Å²) in [6, 6.07) is 0. The van der Waals surface area contributed by atoms with Crippen LogP contribution >= 0.6 is 31.9 Å². The highest BCUT2D eigenvalue weighted by Crippen LogP contribution is 2.45. The lowest BCUT2D eigenvalue weighted by Crippen LogP contribution is -2.31. The Labute approximate surface area is 68.1 Å². The smallest absolute Gasteiger partial charge is 0.168 e. The number of hydrogen-bond acceptors (Lipinski definition) is 0. The van der Waals surface area contributed by atoms with Crippen LogP contribution in [-0.4, -0.2) is 9.41 Å². The largest absolute Gasteiger partial charge is 0.413 e. The number of halogens is 5. The normalized spacial score (nSPS) is 14.0. The van der Waals surface area contributed by atoms with E-state index in [1.807, 2.05) is 0 Å². The minimum Gasteiger partial charge on any atom is -0.168 e. The van der Waals surface area contributed by atoms with Crippen molar-refractivity contribution in [1.82, 2.24) is 0 Å². The molecule has 0 aliphatic carbocycles. The summed E-state index contributed by atoms with van der Waals surface area (Å²) >= 11 is 4.99. The second-order valence-electron chi connectivity index (χ2n) is 1.56. The molecular formula is C4H5Br2F3. The first-order valence-electron chi connectivity index (χ1n) is 2.26. The summed E-state index contributed by atoms with van der Waals surface area (Å²) in [7, 11) is 0. The summed E-state index contributed by atoms with van der Waals surface area (Å²) in [6.07, 6.45) is -4.25. The van der Waals surface area contributed by atoms with E-state index in [9.17, 15) is 13.2 Å². The molecule has 0 unspecified atom stereocenters. The molecule has 0 radical (unpaired) electrons. The molecule has 0 bridgehead atoms. The first kappa shape index (κ1) is 9.75. The molecule has 0 N–H and O–H groups in total. The maximum atomic E-state index is 11.7. The van der Waals surface area contributed by atoms with Crippen LogP contribution in [0.2, 0.25) is 0 Å². The summed E-state index contributed by atoms with van der Waals surface area (Å²) in [4.78, 5) is 0. The van der Waals surface area contributed by atoms with E-state index in [1.165, 1.54) is 6.92 Å². The summed E-state index contributed by atoms with van der Waals surface area (Å²) < 4.78 is 33.3. The summed E-state index contributed by atoms with van der Waals surface area (Å²) in [5, 5.41) is 0. The first-order valence-corrected chi connectivity index (χ1v) is 3.84. The molecule has 0 aliphatic rings. The van der Waals surface area contributed by atoms with Gasteiger partial charge in [-0.05, 0) is 6.42 Å². The highest BCUT2D eigenvalue weighted by Gasteiger charge is 2.49. The highest BCUT2D eigenvalue weighted by molar-refractivity contribution is 9.25. The van der Waals surface area contributed by atoms with Crippen LogP contribution in [-0.2, 0) is 0 Å². The van der Waals surface area contributed by atoms with E-state index in [4.69, 9.17) is 0 Å². The van der Waals surface area contributed by atoms with E-state index in [2.05, 4.69) is 31.9 Å². The standard InChI is InChI=1S/C4H5Br2F3/c1-2-3(5,6)4(7,8)9/h2H2,1H3. The van der Waals surface area contributed by atoms with Gasteiger partial charge in [-0.15, -0.1) is 0 Å². The van der Waals surface area contributed by atoms with Gasteiger partial charge in [-0.1, -0.05) is 38.8 Å². The molecule has 0 nitrogen and oxygen atoms in total. The van der Waals surface area contributed by atoms with Crippen LogP contribution in [0.1, 0.15) is 13.3 Å². The fourth-order valence-electron chi connectivity index (χ4n) is 0.200. The average Bonchev–Trinajstić information content (AvgIpc) is 1.64. The van der Waals surface area contributed by atoms with E-state index in [-0.39, 0.29) is 6.42 Å². The Hall–Kier alpha value is 0.750. The van der Waals surface area contributed by atoms with Gasteiger partial charge in [0, 0.05) is 0 Å². The van der Waals surface area contributed by atoms with Crippen molar-refractivity contribution in [3.05, 3.63) is 0 Å². The van der Waals surface area contributed by atoms with Gasteiger partial charge in [0.1, 0.15) is 0 Å². The molecule has 0 aromatic carbocycles. The van der Waals surface area contributed by atoms with Gasteiger partial charge >= 0.3 is 6.18 Å². The minimum atomic E-state index is -4.22. The lowest BCUT2D eigenvalue weighted by molar-refractivity contribution is -0.134. The second kappa shape index (κ2) is 2.78. The number of rotatable bonds is 1. The average molecular weight is 270 g/mol. The van der Waals surface area contributed by atoms with Crippen molar-refractivity contribution in [3.8, 4) is 0 Å². The van der Waals surface area contributed by atoms with Gasteiger partial charge in [0.15, 0.2) is 3.23 Å². The van der Waals surface area contributed by atoms with Gasteiger partial charge < -0.3 is 0 Å². The van der Waals surface area contributed by atoms with Crippen LogP contribution in [0, 0.1) is 0 Å². The van der Waals surface area contributed by atoms with Crippen molar-refractivity contribution >= 4 is 31.9 Å². The topological polar surface area (TPSA) is 0 Å². The Kier molecular flexibility index (Phi) is 3.01. The van der Waals surface area contributed by atoms with Gasteiger partial charge in [-0.3, -0.25) is 0 Å². The van der Waals surface area contributed by atoms with E-state index >= 15 is 0 Å². The minimum absolute atomic E-state index is 0.0312.